The fourth-order valence-electron chi connectivity index (χ4n) is 4.78. The second-order valence-corrected chi connectivity index (χ2v) is 10.8. The van der Waals surface area contributed by atoms with Crippen molar-refractivity contribution in [3.05, 3.63) is 70.3 Å². The Hall–Kier alpha value is -1.22. The van der Waals surface area contributed by atoms with Crippen LogP contribution in [0.3, 0.4) is 0 Å². The summed E-state index contributed by atoms with van der Waals surface area (Å²) in [4.78, 5) is 1.29. The lowest BCUT2D eigenvalue weighted by atomic mass is 9.85. The maximum Gasteiger partial charge on any atom is 0.212 e. The standard InChI is InChI=1S/C27H32Cl2NS/c28-24-15-22(16-25(29)18-24)20-31-26-17-23-12-6-7-13-27(23)30(19-26)14-8-2-5-11-21-9-3-1-4-10-21/h6-7,12-13,15-19,21H,1-5,8-11,14,20H2/q+1. The first-order chi connectivity index (χ1) is 15.2. The first-order valence-electron chi connectivity index (χ1n) is 11.7. The minimum absolute atomic E-state index is 0.699. The van der Waals surface area contributed by atoms with Gasteiger partial charge in [-0.25, -0.2) is 0 Å². The van der Waals surface area contributed by atoms with Crippen LogP contribution in [0.25, 0.3) is 10.9 Å². The molecule has 1 fully saturated rings. The van der Waals surface area contributed by atoms with E-state index in [1.807, 2.05) is 23.9 Å². The van der Waals surface area contributed by atoms with E-state index in [1.165, 1.54) is 73.6 Å². The Labute approximate surface area is 201 Å². The normalized spacial score (nSPS) is 14.9. The Morgan fingerprint density at radius 3 is 2.45 bits per heavy atom. The molecule has 0 bridgehead atoms. The van der Waals surface area contributed by atoms with Crippen LogP contribution in [0.2, 0.25) is 10.0 Å². The zero-order chi connectivity index (χ0) is 21.5. The lowest BCUT2D eigenvalue weighted by Gasteiger charge is -2.21. The Balaban J connectivity index is 1.37. The van der Waals surface area contributed by atoms with Gasteiger partial charge in [0, 0.05) is 33.7 Å². The van der Waals surface area contributed by atoms with E-state index in [2.05, 4.69) is 41.1 Å². The summed E-state index contributed by atoms with van der Waals surface area (Å²) in [5, 5.41) is 2.70. The molecule has 164 valence electrons. The van der Waals surface area contributed by atoms with E-state index < -0.39 is 0 Å². The fraction of sp³-hybridized carbons (Fsp3) is 0.444. The van der Waals surface area contributed by atoms with Gasteiger partial charge in [0.15, 0.2) is 6.20 Å². The molecule has 2 aromatic carbocycles. The smallest absolute Gasteiger partial charge is 0.197 e. The van der Waals surface area contributed by atoms with Crippen molar-refractivity contribution in [2.45, 2.75) is 75.0 Å². The van der Waals surface area contributed by atoms with Gasteiger partial charge in [0.1, 0.15) is 6.54 Å². The molecule has 4 heteroatoms. The fourth-order valence-corrected chi connectivity index (χ4v) is 6.26. The number of aromatic nitrogens is 1. The van der Waals surface area contributed by atoms with Crippen molar-refractivity contribution in [3.63, 3.8) is 0 Å². The summed E-state index contributed by atoms with van der Waals surface area (Å²) in [5.41, 5.74) is 2.48. The van der Waals surface area contributed by atoms with Gasteiger partial charge in [0.05, 0.1) is 4.90 Å². The third-order valence-corrected chi connectivity index (χ3v) is 7.86. The van der Waals surface area contributed by atoms with Crippen LogP contribution >= 0.6 is 35.0 Å². The molecule has 0 unspecified atom stereocenters. The van der Waals surface area contributed by atoms with Crippen molar-refractivity contribution in [3.8, 4) is 0 Å². The summed E-state index contributed by atoms with van der Waals surface area (Å²) in [6, 6.07) is 16.8. The molecule has 1 aliphatic rings. The molecule has 4 rings (SSSR count). The molecule has 3 aromatic rings. The maximum atomic E-state index is 6.17. The predicted molar refractivity (Wildman–Crippen MR) is 135 cm³/mol. The van der Waals surface area contributed by atoms with Crippen molar-refractivity contribution in [2.75, 3.05) is 0 Å². The van der Waals surface area contributed by atoms with Gasteiger partial charge in [-0.1, -0.05) is 80.3 Å². The quantitative estimate of drug-likeness (QED) is 0.171. The largest absolute Gasteiger partial charge is 0.212 e. The molecule has 0 N–H and O–H groups in total. The summed E-state index contributed by atoms with van der Waals surface area (Å²) in [6.45, 7) is 1.09. The first-order valence-corrected chi connectivity index (χ1v) is 13.4. The molecule has 0 aliphatic heterocycles. The molecule has 1 saturated carbocycles. The number of benzene rings is 2. The van der Waals surface area contributed by atoms with Crippen LogP contribution < -0.4 is 4.57 Å². The van der Waals surface area contributed by atoms with Crippen LogP contribution in [0.1, 0.15) is 63.4 Å². The molecule has 0 radical (unpaired) electrons. The molecule has 0 atom stereocenters. The molecular weight excluding hydrogens is 441 g/mol. The van der Waals surface area contributed by atoms with E-state index in [9.17, 15) is 0 Å². The summed E-state index contributed by atoms with van der Waals surface area (Å²) < 4.78 is 2.45. The minimum Gasteiger partial charge on any atom is -0.197 e. The van der Waals surface area contributed by atoms with Crippen LogP contribution in [0.5, 0.6) is 0 Å². The molecule has 1 aromatic heterocycles. The minimum atomic E-state index is 0.699. The average molecular weight is 474 g/mol. The number of para-hydroxylation sites is 1. The maximum absolute atomic E-state index is 6.17. The van der Waals surface area contributed by atoms with E-state index in [0.29, 0.717) is 10.0 Å². The third-order valence-electron chi connectivity index (χ3n) is 6.39. The lowest BCUT2D eigenvalue weighted by molar-refractivity contribution is -0.673. The van der Waals surface area contributed by atoms with Crippen LogP contribution in [-0.2, 0) is 12.3 Å². The first kappa shape index (κ1) is 23.0. The van der Waals surface area contributed by atoms with E-state index in [-0.39, 0.29) is 0 Å². The second-order valence-electron chi connectivity index (χ2n) is 8.85. The number of hydrogen-bond donors (Lipinski definition) is 0. The number of halogens is 2. The molecule has 1 aliphatic carbocycles. The zero-order valence-corrected chi connectivity index (χ0v) is 20.5. The Morgan fingerprint density at radius 2 is 1.65 bits per heavy atom. The van der Waals surface area contributed by atoms with Gasteiger partial charge in [-0.2, -0.15) is 4.57 Å². The highest BCUT2D eigenvalue weighted by Crippen LogP contribution is 2.29. The van der Waals surface area contributed by atoms with Crippen molar-refractivity contribution < 1.29 is 4.57 Å². The monoisotopic (exact) mass is 472 g/mol. The highest BCUT2D eigenvalue weighted by atomic mass is 35.5. The van der Waals surface area contributed by atoms with Gasteiger partial charge in [-0.05, 0) is 48.2 Å². The van der Waals surface area contributed by atoms with Crippen molar-refractivity contribution in [2.24, 2.45) is 5.92 Å². The number of hydrogen-bond acceptors (Lipinski definition) is 1. The summed E-state index contributed by atoms with van der Waals surface area (Å²) >= 11 is 14.2. The van der Waals surface area contributed by atoms with Gasteiger partial charge in [0.25, 0.3) is 0 Å². The van der Waals surface area contributed by atoms with E-state index in [1.54, 1.807) is 6.07 Å². The van der Waals surface area contributed by atoms with Gasteiger partial charge in [0.2, 0.25) is 5.52 Å². The summed E-state index contributed by atoms with van der Waals surface area (Å²) in [6.07, 6.45) is 15.0. The number of nitrogens with zero attached hydrogens (tertiary/aromatic N) is 1. The molecule has 1 heterocycles. The second kappa shape index (κ2) is 11.6. The average Bonchev–Trinajstić information content (AvgIpc) is 2.77. The van der Waals surface area contributed by atoms with Gasteiger partial charge >= 0.3 is 0 Å². The van der Waals surface area contributed by atoms with Crippen LogP contribution in [0, 0.1) is 5.92 Å². The van der Waals surface area contributed by atoms with Gasteiger partial charge in [-0.15, -0.1) is 11.8 Å². The number of fused-ring (bicyclic) bond motifs is 1. The Kier molecular flexibility index (Phi) is 8.58. The van der Waals surface area contributed by atoms with E-state index in [0.717, 1.165) is 23.8 Å². The van der Waals surface area contributed by atoms with Gasteiger partial charge < -0.3 is 0 Å². The number of thioether (sulfide) groups is 1. The molecule has 31 heavy (non-hydrogen) atoms. The zero-order valence-electron chi connectivity index (χ0n) is 18.2. The predicted octanol–water partition coefficient (Wildman–Crippen LogP) is 8.87. The third kappa shape index (κ3) is 6.88. The number of unbranched alkanes of at least 4 members (excludes halogenated alkanes) is 2. The van der Waals surface area contributed by atoms with Gasteiger partial charge in [-0.3, -0.25) is 0 Å². The number of aryl methyl sites for hydroxylation is 1. The summed E-state index contributed by atoms with van der Waals surface area (Å²) in [5.74, 6) is 1.86. The van der Waals surface area contributed by atoms with Crippen LogP contribution in [0.15, 0.2) is 59.6 Å². The number of pyridine rings is 1. The highest BCUT2D eigenvalue weighted by Gasteiger charge is 2.14. The Bertz CT molecular complexity index is 977. The van der Waals surface area contributed by atoms with Crippen molar-refractivity contribution in [1.82, 2.24) is 0 Å². The molecule has 0 saturated heterocycles. The van der Waals surface area contributed by atoms with Crippen LogP contribution in [-0.4, -0.2) is 0 Å². The molecule has 1 nitrogen and oxygen atoms in total. The van der Waals surface area contributed by atoms with Crippen molar-refractivity contribution >= 4 is 45.9 Å². The number of rotatable bonds is 9. The Morgan fingerprint density at radius 1 is 0.871 bits per heavy atom. The molecular formula is C27H32Cl2NS+. The SMILES string of the molecule is Clc1cc(Cl)cc(CSc2cc3ccccc3[n+](CCCCCC3CCCCC3)c2)c1. The lowest BCUT2D eigenvalue weighted by Crippen LogP contribution is -2.34. The van der Waals surface area contributed by atoms with Crippen LogP contribution in [0.4, 0.5) is 0 Å². The van der Waals surface area contributed by atoms with Crippen molar-refractivity contribution in [1.29, 1.82) is 0 Å². The molecule has 0 amide bonds. The van der Waals surface area contributed by atoms with E-state index >= 15 is 0 Å². The topological polar surface area (TPSA) is 3.88 Å². The van der Waals surface area contributed by atoms with E-state index in [4.69, 9.17) is 23.2 Å². The summed E-state index contributed by atoms with van der Waals surface area (Å²) in [7, 11) is 0. The molecule has 0 spiro atoms. The highest BCUT2D eigenvalue weighted by molar-refractivity contribution is 7.98.